The summed E-state index contributed by atoms with van der Waals surface area (Å²) in [6.45, 7) is 3.07. The molecule has 0 unspecified atom stereocenters. The van der Waals surface area contributed by atoms with Crippen molar-refractivity contribution in [2.24, 2.45) is 0 Å². The van der Waals surface area contributed by atoms with Gasteiger partial charge in [-0.15, -0.1) is 11.3 Å². The molecule has 1 N–H and O–H groups in total. The van der Waals surface area contributed by atoms with Crippen molar-refractivity contribution >= 4 is 34.8 Å². The van der Waals surface area contributed by atoms with Gasteiger partial charge in [0, 0.05) is 23.0 Å². The number of benzene rings is 1. The number of rotatable bonds is 5. The summed E-state index contributed by atoms with van der Waals surface area (Å²) >= 11 is 7.60. The third-order valence-corrected chi connectivity index (χ3v) is 5.66. The van der Waals surface area contributed by atoms with Gasteiger partial charge in [-0.2, -0.15) is 0 Å². The van der Waals surface area contributed by atoms with Gasteiger partial charge < -0.3 is 10.2 Å². The van der Waals surface area contributed by atoms with Crippen molar-refractivity contribution in [1.29, 1.82) is 0 Å². The van der Waals surface area contributed by atoms with Crippen LogP contribution in [0.15, 0.2) is 35.7 Å². The lowest BCUT2D eigenvalue weighted by Gasteiger charge is -2.24. The van der Waals surface area contributed by atoms with E-state index in [1.807, 2.05) is 42.6 Å². The van der Waals surface area contributed by atoms with Crippen molar-refractivity contribution < 1.29 is 9.59 Å². The first-order valence-corrected chi connectivity index (χ1v) is 9.65. The number of aryl methyl sites for hydroxylation is 1. The highest BCUT2D eigenvalue weighted by Gasteiger charge is 2.33. The van der Waals surface area contributed by atoms with Crippen molar-refractivity contribution in [3.8, 4) is 0 Å². The zero-order chi connectivity index (χ0) is 17.8. The van der Waals surface area contributed by atoms with Gasteiger partial charge in [0.05, 0.1) is 6.42 Å². The van der Waals surface area contributed by atoms with E-state index in [-0.39, 0.29) is 17.9 Å². The third kappa shape index (κ3) is 4.41. The summed E-state index contributed by atoms with van der Waals surface area (Å²) in [6.07, 6.45) is 1.95. The Morgan fingerprint density at radius 1 is 1.36 bits per heavy atom. The first kappa shape index (κ1) is 18.0. The largest absolute Gasteiger partial charge is 0.350 e. The smallest absolute Gasteiger partial charge is 0.243 e. The standard InChI is InChI=1S/C19H21ClN2O2S/c1-13-6-7-15(20)10-14(13)12-21-19(24)17-5-2-8-22(17)18(23)11-16-4-3-9-25-16/h3-4,6-7,9-10,17H,2,5,8,11-12H2,1H3,(H,21,24)/t17-/m1/s1. The summed E-state index contributed by atoms with van der Waals surface area (Å²) in [4.78, 5) is 27.9. The average molecular weight is 377 g/mol. The molecule has 4 nitrogen and oxygen atoms in total. The number of hydrogen-bond acceptors (Lipinski definition) is 3. The molecule has 1 aliphatic rings. The maximum absolute atomic E-state index is 12.6. The highest BCUT2D eigenvalue weighted by molar-refractivity contribution is 7.10. The number of nitrogens with zero attached hydrogens (tertiary/aromatic N) is 1. The van der Waals surface area contributed by atoms with Crippen LogP contribution >= 0.6 is 22.9 Å². The van der Waals surface area contributed by atoms with Gasteiger partial charge in [0.15, 0.2) is 0 Å². The molecule has 0 saturated carbocycles. The fraction of sp³-hybridized carbons (Fsp3) is 0.368. The third-order valence-electron chi connectivity index (χ3n) is 4.55. The van der Waals surface area contributed by atoms with Gasteiger partial charge >= 0.3 is 0 Å². The van der Waals surface area contributed by atoms with Gasteiger partial charge in [0.25, 0.3) is 0 Å². The van der Waals surface area contributed by atoms with Crippen molar-refractivity contribution in [1.82, 2.24) is 10.2 Å². The SMILES string of the molecule is Cc1ccc(Cl)cc1CNC(=O)[C@H]1CCCN1C(=O)Cc1cccs1. The number of thiophene rings is 1. The molecule has 1 saturated heterocycles. The fourth-order valence-electron chi connectivity index (χ4n) is 3.13. The van der Waals surface area contributed by atoms with Gasteiger partial charge in [0.2, 0.25) is 11.8 Å². The van der Waals surface area contributed by atoms with E-state index < -0.39 is 0 Å². The predicted octanol–water partition coefficient (Wildman–Crippen LogP) is 3.56. The predicted molar refractivity (Wildman–Crippen MR) is 101 cm³/mol. The normalized spacial score (nSPS) is 16.9. The quantitative estimate of drug-likeness (QED) is 0.867. The molecule has 1 fully saturated rings. The molecular formula is C19H21ClN2O2S. The Hall–Kier alpha value is -1.85. The minimum Gasteiger partial charge on any atom is -0.350 e. The van der Waals surface area contributed by atoms with Crippen molar-refractivity contribution in [2.45, 2.75) is 38.8 Å². The van der Waals surface area contributed by atoms with Crippen LogP contribution in [0.3, 0.4) is 0 Å². The number of halogens is 1. The van der Waals surface area contributed by atoms with Crippen molar-refractivity contribution in [3.05, 3.63) is 56.7 Å². The monoisotopic (exact) mass is 376 g/mol. The maximum atomic E-state index is 12.6. The minimum absolute atomic E-state index is 0.0269. The topological polar surface area (TPSA) is 49.4 Å². The summed E-state index contributed by atoms with van der Waals surface area (Å²) in [5, 5.41) is 5.58. The molecule has 1 aromatic carbocycles. The van der Waals surface area contributed by atoms with Crippen LogP contribution in [0.2, 0.25) is 5.02 Å². The van der Waals surface area contributed by atoms with E-state index in [0.29, 0.717) is 24.5 Å². The molecule has 1 aromatic heterocycles. The van der Waals surface area contributed by atoms with Crippen molar-refractivity contribution in [2.75, 3.05) is 6.54 Å². The highest BCUT2D eigenvalue weighted by atomic mass is 35.5. The molecule has 3 rings (SSSR count). The van der Waals surface area contributed by atoms with E-state index in [4.69, 9.17) is 11.6 Å². The Bertz CT molecular complexity index is 761. The Balaban J connectivity index is 1.60. The van der Waals surface area contributed by atoms with Crippen LogP contribution in [0.5, 0.6) is 0 Å². The van der Waals surface area contributed by atoms with Gasteiger partial charge in [0.1, 0.15) is 6.04 Å². The number of hydrogen-bond donors (Lipinski definition) is 1. The van der Waals surface area contributed by atoms with Crippen LogP contribution in [0.1, 0.15) is 28.8 Å². The second-order valence-corrected chi connectivity index (χ2v) is 7.76. The van der Waals surface area contributed by atoms with Crippen LogP contribution in [-0.2, 0) is 22.6 Å². The van der Waals surface area contributed by atoms with E-state index in [1.54, 1.807) is 16.2 Å². The molecule has 1 atom stereocenters. The molecule has 6 heteroatoms. The second-order valence-electron chi connectivity index (χ2n) is 6.29. The molecule has 0 spiro atoms. The lowest BCUT2D eigenvalue weighted by atomic mass is 10.1. The minimum atomic E-state index is -0.369. The second kappa shape index (κ2) is 8.02. The fourth-order valence-corrected chi connectivity index (χ4v) is 4.02. The molecule has 2 heterocycles. The van der Waals surface area contributed by atoms with E-state index in [0.717, 1.165) is 28.8 Å². The first-order valence-electron chi connectivity index (χ1n) is 8.39. The molecule has 2 aromatic rings. The maximum Gasteiger partial charge on any atom is 0.243 e. The summed E-state index contributed by atoms with van der Waals surface area (Å²) in [6, 6.07) is 9.17. The molecule has 0 radical (unpaired) electrons. The number of likely N-dealkylation sites (tertiary alicyclic amines) is 1. The van der Waals surface area contributed by atoms with Crippen LogP contribution in [-0.4, -0.2) is 29.3 Å². The van der Waals surface area contributed by atoms with Gasteiger partial charge in [-0.1, -0.05) is 23.7 Å². The highest BCUT2D eigenvalue weighted by Crippen LogP contribution is 2.21. The Morgan fingerprint density at radius 3 is 2.96 bits per heavy atom. The summed E-state index contributed by atoms with van der Waals surface area (Å²) in [7, 11) is 0. The molecule has 0 aliphatic carbocycles. The van der Waals surface area contributed by atoms with E-state index in [9.17, 15) is 9.59 Å². The van der Waals surface area contributed by atoms with Gasteiger partial charge in [-0.3, -0.25) is 9.59 Å². The summed E-state index contributed by atoms with van der Waals surface area (Å²) < 4.78 is 0. The molecule has 132 valence electrons. The van der Waals surface area contributed by atoms with E-state index in [1.165, 1.54) is 0 Å². The zero-order valence-electron chi connectivity index (χ0n) is 14.1. The summed E-state index contributed by atoms with van der Waals surface area (Å²) in [5.74, 6) is -0.0598. The number of nitrogens with one attached hydrogen (secondary N) is 1. The summed E-state index contributed by atoms with van der Waals surface area (Å²) in [5.41, 5.74) is 2.08. The first-order chi connectivity index (χ1) is 12.0. The van der Waals surface area contributed by atoms with Gasteiger partial charge in [-0.05, 0) is 54.5 Å². The van der Waals surface area contributed by atoms with Crippen LogP contribution in [0.4, 0.5) is 0 Å². The Labute approximate surface area is 156 Å². The Morgan fingerprint density at radius 2 is 2.20 bits per heavy atom. The Kier molecular flexibility index (Phi) is 5.76. The zero-order valence-corrected chi connectivity index (χ0v) is 15.7. The number of amides is 2. The van der Waals surface area contributed by atoms with Crippen LogP contribution in [0.25, 0.3) is 0 Å². The van der Waals surface area contributed by atoms with Gasteiger partial charge in [-0.25, -0.2) is 0 Å². The molecule has 25 heavy (non-hydrogen) atoms. The van der Waals surface area contributed by atoms with E-state index >= 15 is 0 Å². The van der Waals surface area contributed by atoms with Crippen LogP contribution < -0.4 is 5.32 Å². The number of carbonyl (C=O) groups excluding carboxylic acids is 2. The molecular weight excluding hydrogens is 356 g/mol. The lowest BCUT2D eigenvalue weighted by molar-refractivity contribution is -0.138. The van der Waals surface area contributed by atoms with E-state index in [2.05, 4.69) is 5.32 Å². The molecule has 1 aliphatic heterocycles. The average Bonchev–Trinajstić information content (AvgIpc) is 3.26. The van der Waals surface area contributed by atoms with Crippen molar-refractivity contribution in [3.63, 3.8) is 0 Å². The molecule has 2 amide bonds. The molecule has 0 bridgehead atoms. The lowest BCUT2D eigenvalue weighted by Crippen LogP contribution is -2.46. The number of carbonyl (C=O) groups is 2. The van der Waals surface area contributed by atoms with Crippen LogP contribution in [0, 0.1) is 6.92 Å².